The Morgan fingerprint density at radius 3 is 2.30 bits per heavy atom. The van der Waals surface area contributed by atoms with Crippen LogP contribution in [0.1, 0.15) is 36.8 Å². The van der Waals surface area contributed by atoms with E-state index < -0.39 is 5.41 Å². The van der Waals surface area contributed by atoms with E-state index in [-0.39, 0.29) is 23.9 Å². The van der Waals surface area contributed by atoms with E-state index in [1.54, 1.807) is 0 Å². The van der Waals surface area contributed by atoms with Gasteiger partial charge in [0.25, 0.3) is 0 Å². The molecule has 1 aliphatic heterocycles. The van der Waals surface area contributed by atoms with Crippen LogP contribution < -0.4 is 0 Å². The maximum absolute atomic E-state index is 13.4. The van der Waals surface area contributed by atoms with Crippen LogP contribution in [0.2, 0.25) is 5.02 Å². The quantitative estimate of drug-likeness (QED) is 0.751. The lowest BCUT2D eigenvalue weighted by atomic mass is 9.94. The van der Waals surface area contributed by atoms with Gasteiger partial charge >= 0.3 is 5.97 Å². The Bertz CT molecular complexity index is 846. The minimum absolute atomic E-state index is 0.0000628. The van der Waals surface area contributed by atoms with Crippen LogP contribution in [-0.2, 0) is 19.7 Å². The second-order valence-electron chi connectivity index (χ2n) is 7.46. The van der Waals surface area contributed by atoms with Crippen molar-refractivity contribution >= 4 is 23.5 Å². The number of halogens is 1. The highest BCUT2D eigenvalue weighted by Gasteiger charge is 2.55. The fraction of sp³-hybridized carbons (Fsp3) is 0.364. The van der Waals surface area contributed by atoms with E-state index in [0.29, 0.717) is 18.1 Å². The Hall–Kier alpha value is -2.33. The fourth-order valence-corrected chi connectivity index (χ4v) is 4.24. The summed E-state index contributed by atoms with van der Waals surface area (Å²) in [6, 6.07) is 17.5. The van der Waals surface area contributed by atoms with Crippen molar-refractivity contribution in [2.75, 3.05) is 13.1 Å². The van der Waals surface area contributed by atoms with Crippen molar-refractivity contribution in [2.45, 2.75) is 37.2 Å². The molecule has 0 N–H and O–H groups in total. The molecule has 2 aromatic carbocycles. The molecule has 2 aromatic rings. The van der Waals surface area contributed by atoms with Gasteiger partial charge in [0.15, 0.2) is 0 Å². The van der Waals surface area contributed by atoms with Gasteiger partial charge in [0.05, 0.1) is 12.0 Å². The van der Waals surface area contributed by atoms with E-state index in [9.17, 15) is 9.59 Å². The highest BCUT2D eigenvalue weighted by Crippen LogP contribution is 2.50. The van der Waals surface area contributed by atoms with Crippen LogP contribution in [0.4, 0.5) is 0 Å². The van der Waals surface area contributed by atoms with Gasteiger partial charge in [-0.05, 0) is 36.1 Å². The molecule has 0 spiro atoms. The number of hydrogen-bond acceptors (Lipinski definition) is 3. The zero-order valence-corrected chi connectivity index (χ0v) is 16.0. The third kappa shape index (κ3) is 3.46. The van der Waals surface area contributed by atoms with Crippen LogP contribution in [0.5, 0.6) is 0 Å². The molecule has 0 bridgehead atoms. The van der Waals surface area contributed by atoms with Crippen LogP contribution in [-0.4, -0.2) is 36.0 Å². The Balaban J connectivity index is 1.58. The van der Waals surface area contributed by atoms with E-state index in [1.807, 2.05) is 59.5 Å². The summed E-state index contributed by atoms with van der Waals surface area (Å²) >= 11 is 6.00. The second-order valence-corrected chi connectivity index (χ2v) is 7.90. The van der Waals surface area contributed by atoms with E-state index in [2.05, 4.69) is 0 Å². The molecule has 1 heterocycles. The standard InChI is InChI=1S/C22H22ClNO3/c1-15(25)27-20-14-24(13-19(20)16-5-3-2-4-6-16)21(26)22(11-12-22)17-7-9-18(23)10-8-17/h2-10,19-20H,11-14H2,1H3. The van der Waals surface area contributed by atoms with E-state index in [0.717, 1.165) is 24.0 Å². The molecular formula is C22H22ClNO3. The summed E-state index contributed by atoms with van der Waals surface area (Å²) in [6.45, 7) is 2.42. The summed E-state index contributed by atoms with van der Waals surface area (Å²) in [5, 5.41) is 0.669. The number of ether oxygens (including phenoxy) is 1. The lowest BCUT2D eigenvalue weighted by Gasteiger charge is -2.23. The summed E-state index contributed by atoms with van der Waals surface area (Å²) in [6.07, 6.45) is 1.38. The SMILES string of the molecule is CC(=O)OC1CN(C(=O)C2(c3ccc(Cl)cc3)CC2)CC1c1ccccc1. The van der Waals surface area contributed by atoms with Crippen molar-refractivity contribution in [1.82, 2.24) is 4.90 Å². The average molecular weight is 384 g/mol. The smallest absolute Gasteiger partial charge is 0.302 e. The van der Waals surface area contributed by atoms with Gasteiger partial charge in [-0.1, -0.05) is 54.1 Å². The fourth-order valence-electron chi connectivity index (χ4n) is 4.12. The normalized spacial score (nSPS) is 23.1. The maximum atomic E-state index is 13.4. The molecule has 27 heavy (non-hydrogen) atoms. The van der Waals surface area contributed by atoms with Crippen LogP contribution >= 0.6 is 11.6 Å². The number of likely N-dealkylation sites (tertiary alicyclic amines) is 1. The van der Waals surface area contributed by atoms with Crippen molar-refractivity contribution < 1.29 is 14.3 Å². The zero-order chi connectivity index (χ0) is 19.0. The highest BCUT2D eigenvalue weighted by molar-refractivity contribution is 6.30. The number of carbonyl (C=O) groups is 2. The van der Waals surface area contributed by atoms with E-state index in [1.165, 1.54) is 6.92 Å². The summed E-state index contributed by atoms with van der Waals surface area (Å²) in [5.41, 5.74) is 1.66. The lowest BCUT2D eigenvalue weighted by molar-refractivity contribution is -0.147. The minimum Gasteiger partial charge on any atom is -0.460 e. The van der Waals surface area contributed by atoms with Gasteiger partial charge in [-0.25, -0.2) is 0 Å². The molecule has 0 radical (unpaired) electrons. The number of hydrogen-bond donors (Lipinski definition) is 0. The van der Waals surface area contributed by atoms with Crippen LogP contribution in [0, 0.1) is 0 Å². The lowest BCUT2D eigenvalue weighted by Crippen LogP contribution is -2.38. The molecule has 4 rings (SSSR count). The Morgan fingerprint density at radius 2 is 1.70 bits per heavy atom. The van der Waals surface area contributed by atoms with Crippen molar-refractivity contribution in [1.29, 1.82) is 0 Å². The molecule has 5 heteroatoms. The Kier molecular flexibility index (Phi) is 4.68. The maximum Gasteiger partial charge on any atom is 0.302 e. The first kappa shape index (κ1) is 18.1. The van der Waals surface area contributed by atoms with Crippen molar-refractivity contribution in [3.63, 3.8) is 0 Å². The van der Waals surface area contributed by atoms with Crippen molar-refractivity contribution in [2.24, 2.45) is 0 Å². The molecule has 1 aliphatic carbocycles. The highest BCUT2D eigenvalue weighted by atomic mass is 35.5. The van der Waals surface area contributed by atoms with Gasteiger partial charge in [-0.15, -0.1) is 0 Å². The van der Waals surface area contributed by atoms with Gasteiger partial charge in [0.1, 0.15) is 6.10 Å². The second kappa shape index (κ2) is 7.01. The van der Waals surface area contributed by atoms with Gasteiger partial charge in [0, 0.05) is 24.4 Å². The summed E-state index contributed by atoms with van der Waals surface area (Å²) in [5.74, 6) is -0.186. The predicted octanol–water partition coefficient (Wildman–Crippen LogP) is 3.93. The minimum atomic E-state index is -0.447. The predicted molar refractivity (Wildman–Crippen MR) is 104 cm³/mol. The molecule has 1 saturated carbocycles. The first-order valence-electron chi connectivity index (χ1n) is 9.27. The topological polar surface area (TPSA) is 46.6 Å². The molecular weight excluding hydrogens is 362 g/mol. The number of nitrogens with zero attached hydrogens (tertiary/aromatic N) is 1. The van der Waals surface area contributed by atoms with Gasteiger partial charge in [-0.2, -0.15) is 0 Å². The molecule has 2 unspecified atom stereocenters. The monoisotopic (exact) mass is 383 g/mol. The summed E-state index contributed by atoms with van der Waals surface area (Å²) < 4.78 is 5.56. The zero-order valence-electron chi connectivity index (χ0n) is 15.2. The van der Waals surface area contributed by atoms with Crippen molar-refractivity contribution in [3.05, 3.63) is 70.7 Å². The van der Waals surface area contributed by atoms with E-state index in [4.69, 9.17) is 16.3 Å². The van der Waals surface area contributed by atoms with Crippen LogP contribution in [0.25, 0.3) is 0 Å². The van der Waals surface area contributed by atoms with Gasteiger partial charge in [-0.3, -0.25) is 9.59 Å². The van der Waals surface area contributed by atoms with Gasteiger partial charge < -0.3 is 9.64 Å². The number of benzene rings is 2. The number of rotatable bonds is 4. The molecule has 140 valence electrons. The van der Waals surface area contributed by atoms with Gasteiger partial charge in [0.2, 0.25) is 5.91 Å². The molecule has 1 saturated heterocycles. The number of amides is 1. The Labute approximate surface area is 164 Å². The van der Waals surface area contributed by atoms with Crippen LogP contribution in [0.15, 0.2) is 54.6 Å². The van der Waals surface area contributed by atoms with Crippen LogP contribution in [0.3, 0.4) is 0 Å². The molecule has 2 fully saturated rings. The first-order chi connectivity index (χ1) is 13.0. The number of esters is 1. The van der Waals surface area contributed by atoms with Crippen molar-refractivity contribution in [3.8, 4) is 0 Å². The third-order valence-electron chi connectivity index (χ3n) is 5.65. The first-order valence-corrected chi connectivity index (χ1v) is 9.65. The third-order valence-corrected chi connectivity index (χ3v) is 5.91. The van der Waals surface area contributed by atoms with E-state index >= 15 is 0 Å². The molecule has 2 aliphatic rings. The molecule has 0 aromatic heterocycles. The molecule has 4 nitrogen and oxygen atoms in total. The average Bonchev–Trinajstić information content (AvgIpc) is 3.37. The number of carbonyl (C=O) groups excluding carboxylic acids is 2. The largest absolute Gasteiger partial charge is 0.460 e. The summed E-state index contributed by atoms with van der Waals surface area (Å²) in [7, 11) is 0. The Morgan fingerprint density at radius 1 is 1.04 bits per heavy atom. The molecule has 1 amide bonds. The summed E-state index contributed by atoms with van der Waals surface area (Å²) in [4.78, 5) is 26.8. The molecule has 2 atom stereocenters.